The van der Waals surface area contributed by atoms with E-state index in [1.54, 1.807) is 0 Å². The molecule has 0 radical (unpaired) electrons. The van der Waals surface area contributed by atoms with E-state index in [2.05, 4.69) is 26.8 Å². The molecule has 0 spiro atoms. The maximum atomic E-state index is 7.53. The van der Waals surface area contributed by atoms with E-state index in [1.165, 1.54) is 31.1 Å². The van der Waals surface area contributed by atoms with Gasteiger partial charge in [-0.25, -0.2) is 0 Å². The first-order chi connectivity index (χ1) is 8.08. The molecule has 0 saturated carbocycles. The monoisotopic (exact) mass is 234 g/mol. The molecule has 0 aromatic heterocycles. The predicted molar refractivity (Wildman–Crippen MR) is 75.2 cm³/mol. The van der Waals surface area contributed by atoms with Crippen molar-refractivity contribution in [2.75, 3.05) is 0 Å². The van der Waals surface area contributed by atoms with E-state index < -0.39 is 0 Å². The third-order valence-electron chi connectivity index (χ3n) is 3.99. The van der Waals surface area contributed by atoms with Gasteiger partial charge in [0.1, 0.15) is 0 Å². The van der Waals surface area contributed by atoms with E-state index in [4.69, 9.17) is 11.1 Å². The highest BCUT2D eigenvalue weighted by Gasteiger charge is 2.18. The van der Waals surface area contributed by atoms with Gasteiger partial charge in [-0.05, 0) is 49.7 Å². The maximum absolute atomic E-state index is 7.53. The summed E-state index contributed by atoms with van der Waals surface area (Å²) in [5.74, 6) is 1.39. The summed E-state index contributed by atoms with van der Waals surface area (Å²) in [6.45, 7) is 6.72. The zero-order valence-electron chi connectivity index (χ0n) is 11.4. The topological polar surface area (TPSA) is 49.9 Å². The lowest BCUT2D eigenvalue weighted by Gasteiger charge is -2.24. The van der Waals surface area contributed by atoms with E-state index in [1.807, 2.05) is 0 Å². The van der Waals surface area contributed by atoms with Crippen LogP contribution in [-0.4, -0.2) is 6.21 Å². The van der Waals surface area contributed by atoms with E-state index in [9.17, 15) is 0 Å². The molecule has 0 amide bonds. The first kappa shape index (κ1) is 14.0. The Labute approximate surface area is 105 Å². The Kier molecular flexibility index (Phi) is 5.46. The predicted octanol–water partition coefficient (Wildman–Crippen LogP) is 4.03. The van der Waals surface area contributed by atoms with Crippen LogP contribution in [0.2, 0.25) is 0 Å². The molecule has 0 saturated heterocycles. The number of nitrogens with one attached hydrogen (secondary N) is 1. The Morgan fingerprint density at radius 2 is 2.24 bits per heavy atom. The fraction of sp³-hybridized carbons (Fsp3) is 0.667. The maximum Gasteiger partial charge on any atom is 0.0361 e. The van der Waals surface area contributed by atoms with Crippen LogP contribution >= 0.6 is 0 Å². The highest BCUT2D eigenvalue weighted by molar-refractivity contribution is 5.77. The van der Waals surface area contributed by atoms with Gasteiger partial charge in [0, 0.05) is 11.9 Å². The fourth-order valence-corrected chi connectivity index (χ4v) is 2.66. The van der Waals surface area contributed by atoms with Gasteiger partial charge in [0.15, 0.2) is 0 Å². The van der Waals surface area contributed by atoms with Gasteiger partial charge in [-0.3, -0.25) is 0 Å². The molecule has 0 aromatic carbocycles. The highest BCUT2D eigenvalue weighted by Crippen LogP contribution is 2.29. The largest absolute Gasteiger partial charge is 0.398 e. The molecule has 1 aliphatic carbocycles. The summed E-state index contributed by atoms with van der Waals surface area (Å²) in [6, 6.07) is 0. The molecule has 2 nitrogen and oxygen atoms in total. The van der Waals surface area contributed by atoms with Gasteiger partial charge in [0.25, 0.3) is 0 Å². The summed E-state index contributed by atoms with van der Waals surface area (Å²) >= 11 is 0. The third kappa shape index (κ3) is 4.03. The summed E-state index contributed by atoms with van der Waals surface area (Å²) < 4.78 is 0. The molecule has 1 aliphatic rings. The third-order valence-corrected chi connectivity index (χ3v) is 3.99. The van der Waals surface area contributed by atoms with Crippen molar-refractivity contribution in [1.29, 1.82) is 5.41 Å². The lowest BCUT2D eigenvalue weighted by atomic mass is 9.81. The molecule has 3 N–H and O–H groups in total. The molecule has 96 valence electrons. The molecule has 0 unspecified atom stereocenters. The molecule has 0 heterocycles. The van der Waals surface area contributed by atoms with Gasteiger partial charge < -0.3 is 11.1 Å². The van der Waals surface area contributed by atoms with Gasteiger partial charge in [0.2, 0.25) is 0 Å². The molecular formula is C15H26N2. The molecule has 2 atom stereocenters. The van der Waals surface area contributed by atoms with Crippen molar-refractivity contribution in [2.45, 2.75) is 52.9 Å². The summed E-state index contributed by atoms with van der Waals surface area (Å²) in [5, 5.41) is 7.53. The summed E-state index contributed by atoms with van der Waals surface area (Å²) in [5.41, 5.74) is 9.22. The first-order valence-electron chi connectivity index (χ1n) is 6.74. The van der Waals surface area contributed by atoms with Crippen molar-refractivity contribution in [3.63, 3.8) is 0 Å². The Bertz CT molecular complexity index is 326. The smallest absolute Gasteiger partial charge is 0.0361 e. The minimum Gasteiger partial charge on any atom is -0.398 e. The minimum absolute atomic E-state index is 0.664. The summed E-state index contributed by atoms with van der Waals surface area (Å²) in [6.07, 6.45) is 9.30. The van der Waals surface area contributed by atoms with Gasteiger partial charge in [0.05, 0.1) is 0 Å². The van der Waals surface area contributed by atoms with Crippen molar-refractivity contribution < 1.29 is 0 Å². The van der Waals surface area contributed by atoms with Crippen molar-refractivity contribution in [1.82, 2.24) is 0 Å². The molecule has 17 heavy (non-hydrogen) atoms. The fourth-order valence-electron chi connectivity index (χ4n) is 2.66. The van der Waals surface area contributed by atoms with Crippen LogP contribution < -0.4 is 5.73 Å². The zero-order valence-corrected chi connectivity index (χ0v) is 11.4. The highest BCUT2D eigenvalue weighted by atomic mass is 14.6. The first-order valence-corrected chi connectivity index (χ1v) is 6.74. The number of rotatable bonds is 2. The molecule has 1 rings (SSSR count). The van der Waals surface area contributed by atoms with E-state index in [-0.39, 0.29) is 0 Å². The van der Waals surface area contributed by atoms with Crippen LogP contribution in [0, 0.1) is 17.2 Å². The number of nitrogens with two attached hydrogens (primary N) is 1. The van der Waals surface area contributed by atoms with Crippen molar-refractivity contribution in [3.05, 3.63) is 22.9 Å². The zero-order chi connectivity index (χ0) is 12.8. The average molecular weight is 234 g/mol. The van der Waals surface area contributed by atoms with E-state index >= 15 is 0 Å². The van der Waals surface area contributed by atoms with E-state index in [0.717, 1.165) is 30.0 Å². The Balaban J connectivity index is 3.00. The normalized spacial score (nSPS) is 34.9. The molecule has 2 heteroatoms. The van der Waals surface area contributed by atoms with Gasteiger partial charge in [-0.2, -0.15) is 0 Å². The molecule has 0 fully saturated rings. The standard InChI is InChI=1S/C15H26N2/c1-4-13-9-14(10-16)15(17)8-11(2)6-5-7-12(13)3/h8,10,12-13,16H,4-7,9,17H2,1-3H3/b11-8+,15-14-,16-10?/t12-,13-/m0/s1. The number of hydrogen-bond acceptors (Lipinski definition) is 2. The van der Waals surface area contributed by atoms with Crippen LogP contribution in [0.4, 0.5) is 0 Å². The summed E-state index contributed by atoms with van der Waals surface area (Å²) in [4.78, 5) is 0. The van der Waals surface area contributed by atoms with Crippen LogP contribution in [0.5, 0.6) is 0 Å². The second-order valence-corrected chi connectivity index (χ2v) is 5.36. The van der Waals surface area contributed by atoms with Crippen LogP contribution in [-0.2, 0) is 0 Å². The number of allylic oxidation sites excluding steroid dienone is 3. The van der Waals surface area contributed by atoms with E-state index in [0.29, 0.717) is 5.92 Å². The Morgan fingerprint density at radius 3 is 2.82 bits per heavy atom. The quantitative estimate of drug-likeness (QED) is 0.696. The second kappa shape index (κ2) is 6.63. The molecule has 0 bridgehead atoms. The van der Waals surface area contributed by atoms with Crippen molar-refractivity contribution in [2.24, 2.45) is 17.6 Å². The van der Waals surface area contributed by atoms with Crippen molar-refractivity contribution >= 4 is 6.21 Å². The van der Waals surface area contributed by atoms with Crippen LogP contribution in [0.3, 0.4) is 0 Å². The minimum atomic E-state index is 0.664. The SMILES string of the molecule is CC[C@H]1C/C(C=N)=C(N)\C=C(/C)CCC[C@@H]1C. The van der Waals surface area contributed by atoms with Crippen LogP contribution in [0.15, 0.2) is 22.9 Å². The molecular weight excluding hydrogens is 208 g/mol. The molecule has 0 aliphatic heterocycles. The van der Waals surface area contributed by atoms with Crippen molar-refractivity contribution in [3.8, 4) is 0 Å². The van der Waals surface area contributed by atoms with Gasteiger partial charge >= 0.3 is 0 Å². The average Bonchev–Trinajstić information content (AvgIpc) is 2.29. The lowest BCUT2D eigenvalue weighted by Crippen LogP contribution is -2.15. The molecule has 0 aromatic rings. The van der Waals surface area contributed by atoms with Gasteiger partial charge in [-0.15, -0.1) is 0 Å². The Hall–Kier alpha value is -1.05. The number of hydrogen-bond donors (Lipinski definition) is 2. The lowest BCUT2D eigenvalue weighted by molar-refractivity contribution is 0.321. The second-order valence-electron chi connectivity index (χ2n) is 5.36. The van der Waals surface area contributed by atoms with Crippen LogP contribution in [0.1, 0.15) is 52.9 Å². The summed E-state index contributed by atoms with van der Waals surface area (Å²) in [7, 11) is 0. The van der Waals surface area contributed by atoms with Gasteiger partial charge in [-0.1, -0.05) is 32.3 Å². The Morgan fingerprint density at radius 1 is 1.53 bits per heavy atom. The van der Waals surface area contributed by atoms with Crippen LogP contribution in [0.25, 0.3) is 0 Å².